The van der Waals surface area contributed by atoms with Crippen LogP contribution in [0.5, 0.6) is 0 Å². The second kappa shape index (κ2) is 7.25. The Balaban J connectivity index is 1.67. The van der Waals surface area contributed by atoms with Crippen molar-refractivity contribution in [2.75, 3.05) is 0 Å². The van der Waals surface area contributed by atoms with Gasteiger partial charge in [-0.3, -0.25) is 0 Å². The molecule has 0 bridgehead atoms. The first-order valence-electron chi connectivity index (χ1n) is 8.85. The Kier molecular flexibility index (Phi) is 5.06. The number of aromatic nitrogens is 2. The molecule has 0 aliphatic carbocycles. The number of hydrogen-bond acceptors (Lipinski definition) is 6. The third kappa shape index (κ3) is 3.61. The van der Waals surface area contributed by atoms with E-state index in [0.29, 0.717) is 5.56 Å². The Morgan fingerprint density at radius 3 is 2.54 bits per heavy atom. The van der Waals surface area contributed by atoms with E-state index in [1.54, 1.807) is 20.8 Å². The number of hydrogen-bond donors (Lipinski definition) is 1. The summed E-state index contributed by atoms with van der Waals surface area (Å²) in [6.07, 6.45) is -1.49. The number of aromatic amines is 1. The first-order chi connectivity index (χ1) is 13.2. The van der Waals surface area contributed by atoms with Crippen molar-refractivity contribution in [1.82, 2.24) is 9.55 Å². The second-order valence-electron chi connectivity index (χ2n) is 7.22. The fourth-order valence-electron chi connectivity index (χ4n) is 3.43. The molecule has 148 valence electrons. The maximum atomic E-state index is 13.0. The molecule has 0 unspecified atom stereocenters. The molecule has 8 nitrogen and oxygen atoms in total. The van der Waals surface area contributed by atoms with E-state index in [1.807, 2.05) is 30.3 Å². The van der Waals surface area contributed by atoms with Gasteiger partial charge in [0.1, 0.15) is 0 Å². The van der Waals surface area contributed by atoms with Crippen LogP contribution >= 0.6 is 0 Å². The third-order valence-electron chi connectivity index (χ3n) is 4.64. The number of carbonyl (C=O) groups is 1. The van der Waals surface area contributed by atoms with Gasteiger partial charge >= 0.3 is 171 Å². The zero-order chi connectivity index (χ0) is 20.1. The van der Waals surface area contributed by atoms with Gasteiger partial charge in [0, 0.05) is 0 Å². The van der Waals surface area contributed by atoms with Crippen LogP contribution in [0.1, 0.15) is 25.6 Å². The van der Waals surface area contributed by atoms with Gasteiger partial charge in [-0.2, -0.15) is 0 Å². The number of fused-ring (bicyclic) bond motifs is 1. The monoisotopic (exact) mass is 502 g/mol. The summed E-state index contributed by atoms with van der Waals surface area (Å²) in [5, 5.41) is 0. The van der Waals surface area contributed by atoms with E-state index >= 15 is 0 Å². The Bertz CT molecular complexity index is 1020. The van der Waals surface area contributed by atoms with Gasteiger partial charge in [-0.05, 0) is 0 Å². The molecule has 3 heterocycles. The van der Waals surface area contributed by atoms with Gasteiger partial charge in [0.15, 0.2) is 0 Å². The molecule has 2 saturated heterocycles. The molecule has 4 rings (SSSR count). The number of ether oxygens (including phenoxy) is 3. The normalized spacial score (nSPS) is 28.2. The van der Waals surface area contributed by atoms with Crippen molar-refractivity contribution in [1.29, 1.82) is 0 Å². The molecule has 0 spiro atoms. The molecule has 2 aliphatic heterocycles. The topological polar surface area (TPSA) is 99.6 Å². The molecular formula is C19H20N2O6Te. The van der Waals surface area contributed by atoms with E-state index < -0.39 is 62.5 Å². The van der Waals surface area contributed by atoms with E-state index in [-0.39, 0.29) is 3.83 Å². The van der Waals surface area contributed by atoms with Crippen LogP contribution in [0.3, 0.4) is 0 Å². The van der Waals surface area contributed by atoms with Crippen LogP contribution in [-0.2, 0) is 19.0 Å². The standard InChI is InChI=1S/C19H20N2O6Te/c1-10-9-21(18(24)20-15(10)22)16-13-12(26-19(2,3)27-13)14(25-16)17(23)28-11-7-5-4-6-8-11/h4-9,12-14,16H,1-3H3,(H,20,22,24)/t12-,13+,14-,16+/m0/s1. The maximum absolute atomic E-state index is 13.0. The SMILES string of the molecule is Cc1cn([C@@H]2O[C@H](C(=O)[Te]c3ccccc3)[C@H]3OC(C)(C)O[C@H]32)c(=O)[nH]c1=O. The Morgan fingerprint density at radius 2 is 1.82 bits per heavy atom. The second-order valence-corrected chi connectivity index (χ2v) is 10.3. The van der Waals surface area contributed by atoms with Crippen LogP contribution in [-0.4, -0.2) is 58.4 Å². The summed E-state index contributed by atoms with van der Waals surface area (Å²) in [6, 6.07) is 9.55. The number of nitrogens with one attached hydrogen (secondary N) is 1. The van der Waals surface area contributed by atoms with Crippen molar-refractivity contribution in [3.63, 3.8) is 0 Å². The van der Waals surface area contributed by atoms with E-state index in [0.717, 1.165) is 3.61 Å². The minimum absolute atomic E-state index is 0.0235. The zero-order valence-electron chi connectivity index (χ0n) is 15.6. The van der Waals surface area contributed by atoms with Crippen LogP contribution < -0.4 is 14.9 Å². The number of H-pyrrole nitrogens is 1. The summed E-state index contributed by atoms with van der Waals surface area (Å²) in [4.78, 5) is 39.3. The Morgan fingerprint density at radius 1 is 1.14 bits per heavy atom. The summed E-state index contributed by atoms with van der Waals surface area (Å²) in [7, 11) is 0. The molecule has 4 atom stereocenters. The van der Waals surface area contributed by atoms with Gasteiger partial charge in [0.05, 0.1) is 0 Å². The Labute approximate surface area is 170 Å². The minimum atomic E-state index is -1.17. The molecule has 1 N–H and O–H groups in total. The molecular weight excluding hydrogens is 480 g/mol. The number of aryl methyl sites for hydroxylation is 1. The summed E-state index contributed by atoms with van der Waals surface area (Å²) >= 11 is -1.17. The molecule has 9 heteroatoms. The van der Waals surface area contributed by atoms with Crippen molar-refractivity contribution in [2.45, 2.75) is 51.1 Å². The fraction of sp³-hybridized carbons (Fsp3) is 0.421. The van der Waals surface area contributed by atoms with Gasteiger partial charge in [-0.15, -0.1) is 0 Å². The number of nitrogens with zero attached hydrogens (tertiary/aromatic N) is 1. The predicted molar refractivity (Wildman–Crippen MR) is 101 cm³/mol. The molecule has 0 amide bonds. The molecule has 1 aromatic heterocycles. The van der Waals surface area contributed by atoms with Crippen molar-refractivity contribution in [2.24, 2.45) is 0 Å². The van der Waals surface area contributed by atoms with Crippen molar-refractivity contribution in [3.05, 3.63) is 62.9 Å². The van der Waals surface area contributed by atoms with E-state index in [4.69, 9.17) is 14.2 Å². The molecule has 1 aromatic carbocycles. The van der Waals surface area contributed by atoms with Crippen molar-refractivity contribution < 1.29 is 19.0 Å². The molecule has 2 aromatic rings. The van der Waals surface area contributed by atoms with Crippen LogP contribution in [0, 0.1) is 6.92 Å². The fourth-order valence-corrected chi connectivity index (χ4v) is 5.80. The summed E-state index contributed by atoms with van der Waals surface area (Å²) in [5.74, 6) is -0.899. The molecule has 0 radical (unpaired) electrons. The van der Waals surface area contributed by atoms with Gasteiger partial charge in [-0.1, -0.05) is 0 Å². The van der Waals surface area contributed by atoms with Gasteiger partial charge in [-0.25, -0.2) is 0 Å². The van der Waals surface area contributed by atoms with Gasteiger partial charge in [0.2, 0.25) is 0 Å². The summed E-state index contributed by atoms with van der Waals surface area (Å²) in [5.41, 5.74) is -0.700. The van der Waals surface area contributed by atoms with Crippen LogP contribution in [0.15, 0.2) is 46.1 Å². The van der Waals surface area contributed by atoms with Crippen LogP contribution in [0.25, 0.3) is 0 Å². The molecule has 0 saturated carbocycles. The van der Waals surface area contributed by atoms with E-state index in [1.165, 1.54) is 10.8 Å². The van der Waals surface area contributed by atoms with E-state index in [9.17, 15) is 14.4 Å². The average Bonchev–Trinajstić information content (AvgIpc) is 3.12. The third-order valence-corrected chi connectivity index (χ3v) is 7.33. The zero-order valence-corrected chi connectivity index (χ0v) is 17.9. The quantitative estimate of drug-likeness (QED) is 0.586. The summed E-state index contributed by atoms with van der Waals surface area (Å²) in [6.45, 7) is 5.12. The van der Waals surface area contributed by atoms with Gasteiger partial charge in [0.25, 0.3) is 0 Å². The van der Waals surface area contributed by atoms with Crippen LogP contribution in [0.4, 0.5) is 0 Å². The first kappa shape index (κ1) is 19.6. The first-order valence-corrected chi connectivity index (χ1v) is 11.2. The average molecular weight is 500 g/mol. The van der Waals surface area contributed by atoms with Crippen molar-refractivity contribution >= 4 is 28.4 Å². The molecule has 2 aliphatic rings. The molecule has 2 fully saturated rings. The Hall–Kier alpha value is -1.76. The van der Waals surface area contributed by atoms with Gasteiger partial charge < -0.3 is 0 Å². The van der Waals surface area contributed by atoms with Crippen LogP contribution in [0.2, 0.25) is 0 Å². The predicted octanol–water partition coefficient (Wildman–Crippen LogP) is -0.181. The summed E-state index contributed by atoms with van der Waals surface area (Å²) < 4.78 is 20.2. The number of carbonyl (C=O) groups excluding carboxylic acids is 1. The number of benzene rings is 1. The van der Waals surface area contributed by atoms with Crippen molar-refractivity contribution in [3.8, 4) is 0 Å². The molecule has 28 heavy (non-hydrogen) atoms. The van der Waals surface area contributed by atoms with E-state index in [2.05, 4.69) is 4.98 Å². The number of rotatable bonds is 4.